The van der Waals surface area contributed by atoms with Gasteiger partial charge in [-0.3, -0.25) is 4.79 Å². The summed E-state index contributed by atoms with van der Waals surface area (Å²) in [5.41, 5.74) is 2.92. The van der Waals surface area contributed by atoms with Crippen molar-refractivity contribution >= 4 is 17.5 Å². The molecule has 1 atom stereocenters. The molecule has 0 aliphatic carbocycles. The van der Waals surface area contributed by atoms with Crippen LogP contribution < -0.4 is 14.4 Å². The molecule has 2 aromatic carbocycles. The Labute approximate surface area is 216 Å². The van der Waals surface area contributed by atoms with E-state index in [-0.39, 0.29) is 11.8 Å². The minimum atomic E-state index is -0.127. The van der Waals surface area contributed by atoms with Crippen molar-refractivity contribution in [3.63, 3.8) is 0 Å². The predicted octanol–water partition coefficient (Wildman–Crippen LogP) is 4.04. The average molecular weight is 501 g/mol. The maximum Gasteiger partial charge on any atom is 0.254 e. The summed E-state index contributed by atoms with van der Waals surface area (Å²) in [6.07, 6.45) is 4.97. The van der Waals surface area contributed by atoms with Gasteiger partial charge < -0.3 is 19.3 Å². The lowest BCUT2D eigenvalue weighted by atomic mass is 9.95. The first-order valence-electron chi connectivity index (χ1n) is 12.6. The van der Waals surface area contributed by atoms with Crippen LogP contribution in [0.25, 0.3) is 16.9 Å². The van der Waals surface area contributed by atoms with E-state index in [1.165, 1.54) is 6.33 Å². The second-order valence-corrected chi connectivity index (χ2v) is 9.07. The Morgan fingerprint density at radius 2 is 1.78 bits per heavy atom. The highest BCUT2D eigenvalue weighted by atomic mass is 16.5. The monoisotopic (exact) mass is 500 g/mol. The maximum absolute atomic E-state index is 13.6. The fourth-order valence-corrected chi connectivity index (χ4v) is 5.09. The highest BCUT2D eigenvalue weighted by Gasteiger charge is 2.28. The molecule has 1 aliphatic heterocycles. The molecular formula is C28H32N6O3. The van der Waals surface area contributed by atoms with Crippen LogP contribution in [0.2, 0.25) is 0 Å². The second-order valence-electron chi connectivity index (χ2n) is 9.07. The van der Waals surface area contributed by atoms with E-state index >= 15 is 0 Å². The van der Waals surface area contributed by atoms with Gasteiger partial charge in [0.2, 0.25) is 5.91 Å². The van der Waals surface area contributed by atoms with Gasteiger partial charge in [0.1, 0.15) is 12.1 Å². The Bertz CT molecular complexity index is 1370. The third-order valence-corrected chi connectivity index (χ3v) is 6.99. The van der Waals surface area contributed by atoms with Crippen molar-refractivity contribution < 1.29 is 14.3 Å². The fraction of sp³-hybridized carbons (Fsp3) is 0.357. The molecule has 0 bridgehead atoms. The molecule has 0 radical (unpaired) electrons. The van der Waals surface area contributed by atoms with Gasteiger partial charge >= 0.3 is 0 Å². The van der Waals surface area contributed by atoms with Gasteiger partial charge in [0.25, 0.3) is 5.78 Å². The van der Waals surface area contributed by atoms with Crippen LogP contribution in [0.3, 0.4) is 0 Å². The third kappa shape index (κ3) is 4.81. The van der Waals surface area contributed by atoms with Gasteiger partial charge in [-0.2, -0.15) is 14.6 Å². The summed E-state index contributed by atoms with van der Waals surface area (Å²) in [5.74, 6) is 2.80. The van der Waals surface area contributed by atoms with Gasteiger partial charge in [-0.1, -0.05) is 43.3 Å². The van der Waals surface area contributed by atoms with Gasteiger partial charge in [-0.15, -0.1) is 0 Å². The van der Waals surface area contributed by atoms with E-state index in [2.05, 4.69) is 26.9 Å². The zero-order valence-corrected chi connectivity index (χ0v) is 21.5. The molecule has 1 fully saturated rings. The van der Waals surface area contributed by atoms with E-state index in [0.717, 1.165) is 48.4 Å². The lowest BCUT2D eigenvalue weighted by Crippen LogP contribution is -2.38. The molecule has 4 aromatic rings. The minimum Gasteiger partial charge on any atom is -0.493 e. The van der Waals surface area contributed by atoms with Crippen LogP contribution >= 0.6 is 0 Å². The lowest BCUT2D eigenvalue weighted by molar-refractivity contribution is -0.132. The normalized spacial score (nSPS) is 14.9. The van der Waals surface area contributed by atoms with Crippen molar-refractivity contribution in [3.05, 3.63) is 66.6 Å². The van der Waals surface area contributed by atoms with Crippen LogP contribution in [-0.2, 0) is 4.79 Å². The first-order chi connectivity index (χ1) is 18.1. The smallest absolute Gasteiger partial charge is 0.254 e. The Hall–Kier alpha value is -4.14. The van der Waals surface area contributed by atoms with Crippen LogP contribution in [0.4, 0.5) is 5.82 Å². The summed E-state index contributed by atoms with van der Waals surface area (Å²) in [4.78, 5) is 26.7. The van der Waals surface area contributed by atoms with Crippen molar-refractivity contribution in [2.24, 2.45) is 0 Å². The zero-order valence-electron chi connectivity index (χ0n) is 21.5. The molecule has 37 heavy (non-hydrogen) atoms. The molecule has 9 nitrogen and oxygen atoms in total. The topological polar surface area (TPSA) is 85.1 Å². The molecule has 192 valence electrons. The Balaban J connectivity index is 1.46. The van der Waals surface area contributed by atoms with E-state index in [0.29, 0.717) is 30.4 Å². The van der Waals surface area contributed by atoms with Gasteiger partial charge in [0.15, 0.2) is 11.5 Å². The molecule has 0 spiro atoms. The van der Waals surface area contributed by atoms with E-state index in [1.807, 2.05) is 59.6 Å². The first kappa shape index (κ1) is 24.5. The van der Waals surface area contributed by atoms with Crippen molar-refractivity contribution in [1.82, 2.24) is 24.5 Å². The van der Waals surface area contributed by atoms with E-state index in [1.54, 1.807) is 18.7 Å². The van der Waals surface area contributed by atoms with Crippen LogP contribution in [0, 0.1) is 0 Å². The molecule has 2 aromatic heterocycles. The number of fused-ring (bicyclic) bond motifs is 1. The number of carbonyl (C=O) groups excluding carboxylic acids is 1. The fourth-order valence-electron chi connectivity index (χ4n) is 5.09. The SMILES string of the molecule is CC[C@H](C(=O)N1CCCN(c2c(-c3ccc(OC)c(OC)c3)cnc3ncnn23)CC1)c1ccccc1. The quantitative estimate of drug-likeness (QED) is 0.379. The van der Waals surface area contributed by atoms with Gasteiger partial charge in [0, 0.05) is 37.9 Å². The summed E-state index contributed by atoms with van der Waals surface area (Å²) in [7, 11) is 3.25. The molecule has 1 saturated heterocycles. The molecular weight excluding hydrogens is 468 g/mol. The van der Waals surface area contributed by atoms with Crippen molar-refractivity contribution in [1.29, 1.82) is 0 Å². The molecule has 0 unspecified atom stereocenters. The molecule has 3 heterocycles. The van der Waals surface area contributed by atoms with E-state index in [9.17, 15) is 4.79 Å². The molecule has 5 rings (SSSR count). The summed E-state index contributed by atoms with van der Waals surface area (Å²) < 4.78 is 12.8. The number of hydrogen-bond donors (Lipinski definition) is 0. The van der Waals surface area contributed by atoms with Crippen molar-refractivity contribution in [2.45, 2.75) is 25.7 Å². The number of ether oxygens (including phenoxy) is 2. The number of methoxy groups -OCH3 is 2. The van der Waals surface area contributed by atoms with Crippen LogP contribution in [-0.4, -0.2) is 70.8 Å². The van der Waals surface area contributed by atoms with Gasteiger partial charge in [-0.25, -0.2) is 4.98 Å². The maximum atomic E-state index is 13.6. The number of aromatic nitrogens is 4. The highest BCUT2D eigenvalue weighted by Crippen LogP contribution is 2.37. The minimum absolute atomic E-state index is 0.127. The number of hydrogen-bond acceptors (Lipinski definition) is 7. The number of anilines is 1. The number of carbonyl (C=O) groups is 1. The van der Waals surface area contributed by atoms with Crippen molar-refractivity contribution in [3.8, 4) is 22.6 Å². The number of rotatable bonds is 7. The van der Waals surface area contributed by atoms with Gasteiger partial charge in [-0.05, 0) is 36.1 Å². The summed E-state index contributed by atoms with van der Waals surface area (Å²) in [5, 5.41) is 4.49. The summed E-state index contributed by atoms with van der Waals surface area (Å²) in [6.45, 7) is 4.89. The third-order valence-electron chi connectivity index (χ3n) is 6.99. The lowest BCUT2D eigenvalue weighted by Gasteiger charge is -2.27. The summed E-state index contributed by atoms with van der Waals surface area (Å²) >= 11 is 0. The Morgan fingerprint density at radius 3 is 2.54 bits per heavy atom. The molecule has 1 aliphatic rings. The summed E-state index contributed by atoms with van der Waals surface area (Å²) in [6, 6.07) is 15.9. The van der Waals surface area contributed by atoms with Crippen LogP contribution in [0.1, 0.15) is 31.2 Å². The average Bonchev–Trinajstić information content (AvgIpc) is 3.29. The standard InChI is InChI=1S/C28H32N6O3/c1-4-22(20-9-6-5-7-10-20)27(35)33-14-8-13-32(15-16-33)26-23(18-29-28-30-19-31-34(26)28)21-11-12-24(36-2)25(17-21)37-3/h5-7,9-12,17-19,22H,4,8,13-16H2,1-3H3/t22-/m0/s1. The Morgan fingerprint density at radius 1 is 0.973 bits per heavy atom. The predicted molar refractivity (Wildman–Crippen MR) is 142 cm³/mol. The van der Waals surface area contributed by atoms with Gasteiger partial charge in [0.05, 0.1) is 20.1 Å². The van der Waals surface area contributed by atoms with E-state index in [4.69, 9.17) is 9.47 Å². The second kappa shape index (κ2) is 10.9. The van der Waals surface area contributed by atoms with Crippen LogP contribution in [0.5, 0.6) is 11.5 Å². The molecule has 9 heteroatoms. The first-order valence-corrected chi connectivity index (χ1v) is 12.6. The number of benzene rings is 2. The molecule has 0 saturated carbocycles. The largest absolute Gasteiger partial charge is 0.493 e. The highest BCUT2D eigenvalue weighted by molar-refractivity contribution is 5.84. The number of amides is 1. The Kier molecular flexibility index (Phi) is 7.20. The zero-order chi connectivity index (χ0) is 25.8. The molecule has 1 amide bonds. The van der Waals surface area contributed by atoms with E-state index < -0.39 is 0 Å². The van der Waals surface area contributed by atoms with Crippen molar-refractivity contribution in [2.75, 3.05) is 45.3 Å². The number of nitrogens with zero attached hydrogens (tertiary/aromatic N) is 6. The van der Waals surface area contributed by atoms with Crippen LogP contribution in [0.15, 0.2) is 61.1 Å². The molecule has 0 N–H and O–H groups in total.